The minimum atomic E-state index is -0.657. The second-order valence-corrected chi connectivity index (χ2v) is 9.67. The lowest BCUT2D eigenvalue weighted by Crippen LogP contribution is -2.20. The molecule has 3 aliphatic rings. The van der Waals surface area contributed by atoms with Gasteiger partial charge in [-0.15, -0.1) is 0 Å². The normalized spacial score (nSPS) is 29.4. The zero-order chi connectivity index (χ0) is 21.5. The van der Waals surface area contributed by atoms with E-state index in [-0.39, 0.29) is 18.6 Å². The van der Waals surface area contributed by atoms with E-state index in [0.29, 0.717) is 11.8 Å². The van der Waals surface area contributed by atoms with Crippen LogP contribution in [-0.4, -0.2) is 53.6 Å². The van der Waals surface area contributed by atoms with E-state index in [2.05, 4.69) is 11.0 Å². The van der Waals surface area contributed by atoms with Crippen molar-refractivity contribution in [1.29, 1.82) is 0 Å². The number of benzene rings is 1. The lowest BCUT2D eigenvalue weighted by Gasteiger charge is -2.19. The lowest BCUT2D eigenvalue weighted by molar-refractivity contribution is 0.133. The molecule has 0 aromatic heterocycles. The Bertz CT molecular complexity index is 725. The number of nitrogens with zero attached hydrogens (tertiary/aromatic N) is 1. The van der Waals surface area contributed by atoms with Crippen LogP contribution in [0.3, 0.4) is 0 Å². The first-order valence-electron chi connectivity index (χ1n) is 12.3. The lowest BCUT2D eigenvalue weighted by atomic mass is 9.88. The van der Waals surface area contributed by atoms with Crippen molar-refractivity contribution in [3.05, 3.63) is 54.1 Å². The molecule has 0 bridgehead atoms. The summed E-state index contributed by atoms with van der Waals surface area (Å²) >= 11 is 0. The highest BCUT2D eigenvalue weighted by atomic mass is 16.5. The Hall–Kier alpha value is -1.62. The van der Waals surface area contributed by atoms with Gasteiger partial charge in [-0.2, -0.15) is 0 Å². The van der Waals surface area contributed by atoms with Crippen molar-refractivity contribution in [2.24, 2.45) is 17.8 Å². The molecule has 0 radical (unpaired) electrons. The van der Waals surface area contributed by atoms with E-state index in [1.165, 1.54) is 58.2 Å². The minimum Gasteiger partial charge on any atom is -0.491 e. The quantitative estimate of drug-likeness (QED) is 0.402. The van der Waals surface area contributed by atoms with Crippen molar-refractivity contribution in [1.82, 2.24) is 4.90 Å². The minimum absolute atomic E-state index is 0.139. The predicted octanol–water partition coefficient (Wildman–Crippen LogP) is 4.58. The van der Waals surface area contributed by atoms with Crippen molar-refractivity contribution in [2.75, 3.05) is 26.2 Å². The average Bonchev–Trinajstić information content (AvgIpc) is 3.49. The van der Waals surface area contributed by atoms with Gasteiger partial charge >= 0.3 is 0 Å². The van der Waals surface area contributed by atoms with Crippen LogP contribution >= 0.6 is 0 Å². The summed E-state index contributed by atoms with van der Waals surface area (Å²) in [6, 6.07) is 9.56. The van der Waals surface area contributed by atoms with E-state index in [4.69, 9.17) is 4.74 Å². The van der Waals surface area contributed by atoms with Crippen molar-refractivity contribution in [3.8, 4) is 5.75 Å². The maximum atomic E-state index is 10.6. The first-order valence-corrected chi connectivity index (χ1v) is 12.3. The number of fused-ring (bicyclic) bond motifs is 1. The van der Waals surface area contributed by atoms with Crippen LogP contribution in [0.5, 0.6) is 5.75 Å². The molecule has 2 fully saturated rings. The monoisotopic (exact) mass is 425 g/mol. The van der Waals surface area contributed by atoms with Crippen LogP contribution in [0.15, 0.2) is 54.1 Å². The predicted molar refractivity (Wildman–Crippen MR) is 125 cm³/mol. The Labute approximate surface area is 187 Å². The summed E-state index contributed by atoms with van der Waals surface area (Å²) in [6.07, 6.45) is 15.2. The Balaban J connectivity index is 1.17. The molecule has 0 spiro atoms. The molecular formula is C27H39NO3. The summed E-state index contributed by atoms with van der Waals surface area (Å²) in [5.74, 6) is 1.90. The first-order chi connectivity index (χ1) is 15.2. The standard InChI is InChI=1S/C27H39NO3/c29-23(20-31-24-10-4-1-5-11-24)12-13-25-26-18-21(17-22(26)19-27(25)30)9-3-2-6-14-28-15-7-8-16-28/h1,4-5,10-13,17,22-23,25-27,29-30H,2-3,6-9,14-16,18-20H2/t22-,23+,25+,26-,27+/m0/s1. The van der Waals surface area contributed by atoms with Crippen LogP contribution in [0.25, 0.3) is 0 Å². The number of unbranched alkanes of at least 4 members (excludes halogenated alkanes) is 2. The van der Waals surface area contributed by atoms with Gasteiger partial charge < -0.3 is 19.8 Å². The topological polar surface area (TPSA) is 52.9 Å². The molecule has 0 amide bonds. The van der Waals surface area contributed by atoms with E-state index in [1.807, 2.05) is 42.5 Å². The highest BCUT2D eigenvalue weighted by molar-refractivity contribution is 5.22. The van der Waals surface area contributed by atoms with Gasteiger partial charge in [0.15, 0.2) is 0 Å². The molecule has 1 saturated heterocycles. The number of hydrogen-bond donors (Lipinski definition) is 2. The summed E-state index contributed by atoms with van der Waals surface area (Å²) < 4.78 is 5.63. The van der Waals surface area contributed by atoms with Crippen molar-refractivity contribution < 1.29 is 14.9 Å². The molecule has 31 heavy (non-hydrogen) atoms. The number of likely N-dealkylation sites (tertiary alicyclic amines) is 1. The van der Waals surface area contributed by atoms with Crippen molar-refractivity contribution >= 4 is 0 Å². The number of aliphatic hydroxyl groups excluding tert-OH is 2. The molecular weight excluding hydrogens is 386 g/mol. The van der Waals surface area contributed by atoms with Crippen LogP contribution < -0.4 is 4.74 Å². The van der Waals surface area contributed by atoms with Gasteiger partial charge in [0.05, 0.1) is 6.10 Å². The van der Waals surface area contributed by atoms with Gasteiger partial charge in [-0.1, -0.05) is 48.4 Å². The molecule has 4 heteroatoms. The molecule has 1 heterocycles. The molecule has 0 unspecified atom stereocenters. The molecule has 1 aromatic carbocycles. The Morgan fingerprint density at radius 3 is 2.71 bits per heavy atom. The van der Waals surface area contributed by atoms with Gasteiger partial charge in [-0.3, -0.25) is 0 Å². The summed E-state index contributed by atoms with van der Waals surface area (Å²) in [5.41, 5.74) is 1.59. The molecule has 4 rings (SSSR count). The molecule has 1 aromatic rings. The summed E-state index contributed by atoms with van der Waals surface area (Å²) in [4.78, 5) is 2.61. The fourth-order valence-corrected chi connectivity index (χ4v) is 5.67. The van der Waals surface area contributed by atoms with Gasteiger partial charge in [0, 0.05) is 5.92 Å². The zero-order valence-corrected chi connectivity index (χ0v) is 18.7. The number of allylic oxidation sites excluding steroid dienone is 2. The summed E-state index contributed by atoms with van der Waals surface area (Å²) in [7, 11) is 0. The average molecular weight is 426 g/mol. The molecule has 2 aliphatic carbocycles. The van der Waals surface area contributed by atoms with Crippen molar-refractivity contribution in [3.63, 3.8) is 0 Å². The molecule has 1 aliphatic heterocycles. The van der Waals surface area contributed by atoms with Crippen molar-refractivity contribution in [2.45, 2.75) is 63.6 Å². The second-order valence-electron chi connectivity index (χ2n) is 9.67. The maximum absolute atomic E-state index is 10.6. The number of rotatable bonds is 11. The van der Waals surface area contributed by atoms with E-state index < -0.39 is 6.10 Å². The summed E-state index contributed by atoms with van der Waals surface area (Å²) in [5, 5.41) is 20.8. The fraction of sp³-hybridized carbons (Fsp3) is 0.630. The smallest absolute Gasteiger partial charge is 0.119 e. The van der Waals surface area contributed by atoms with Gasteiger partial charge in [-0.05, 0) is 88.5 Å². The Morgan fingerprint density at radius 2 is 1.90 bits per heavy atom. The first kappa shape index (κ1) is 22.6. The van der Waals surface area contributed by atoms with E-state index in [1.54, 1.807) is 5.57 Å². The van der Waals surface area contributed by atoms with Crippen LogP contribution in [0.4, 0.5) is 0 Å². The largest absolute Gasteiger partial charge is 0.491 e. The SMILES string of the molecule is O[C@H](C=C[C@@H]1[C@H]2CC(CCCCCN3CCCC3)=C[C@H]2C[C@H]1O)COc1ccccc1. The highest BCUT2D eigenvalue weighted by Gasteiger charge is 2.43. The van der Waals surface area contributed by atoms with E-state index in [0.717, 1.165) is 18.6 Å². The molecule has 2 N–H and O–H groups in total. The molecule has 5 atom stereocenters. The number of hydrogen-bond acceptors (Lipinski definition) is 4. The van der Waals surface area contributed by atoms with E-state index >= 15 is 0 Å². The number of aliphatic hydroxyl groups is 2. The zero-order valence-electron chi connectivity index (χ0n) is 18.7. The highest BCUT2D eigenvalue weighted by Crippen LogP contribution is 2.48. The molecule has 170 valence electrons. The summed E-state index contributed by atoms with van der Waals surface area (Å²) in [6.45, 7) is 4.12. The third-order valence-corrected chi connectivity index (χ3v) is 7.34. The number of ether oxygens (including phenoxy) is 1. The van der Waals surface area contributed by atoms with Crippen LogP contribution in [0.1, 0.15) is 51.4 Å². The fourth-order valence-electron chi connectivity index (χ4n) is 5.67. The van der Waals surface area contributed by atoms with Crippen LogP contribution in [0, 0.1) is 17.8 Å². The molecule has 1 saturated carbocycles. The van der Waals surface area contributed by atoms with E-state index in [9.17, 15) is 10.2 Å². The van der Waals surface area contributed by atoms with Gasteiger partial charge in [0.2, 0.25) is 0 Å². The van der Waals surface area contributed by atoms with Gasteiger partial charge in [-0.25, -0.2) is 0 Å². The van der Waals surface area contributed by atoms with Gasteiger partial charge in [0.25, 0.3) is 0 Å². The third kappa shape index (κ3) is 6.44. The van der Waals surface area contributed by atoms with Crippen LogP contribution in [-0.2, 0) is 0 Å². The Kier molecular flexibility index (Phi) is 8.23. The maximum Gasteiger partial charge on any atom is 0.119 e. The molecule has 4 nitrogen and oxygen atoms in total. The Morgan fingerprint density at radius 1 is 1.10 bits per heavy atom. The van der Waals surface area contributed by atoms with Crippen LogP contribution in [0.2, 0.25) is 0 Å². The number of para-hydroxylation sites is 1. The third-order valence-electron chi connectivity index (χ3n) is 7.34. The second kappa shape index (κ2) is 11.3. The van der Waals surface area contributed by atoms with Gasteiger partial charge in [0.1, 0.15) is 18.5 Å².